The first kappa shape index (κ1) is 12.1. The van der Waals surface area contributed by atoms with Crippen molar-refractivity contribution in [3.63, 3.8) is 0 Å². The smallest absolute Gasteiger partial charge is 0.255 e. The Hall–Kier alpha value is -1.39. The summed E-state index contributed by atoms with van der Waals surface area (Å²) in [7, 11) is 1.74. The zero-order valence-corrected chi connectivity index (χ0v) is 10.8. The lowest BCUT2D eigenvalue weighted by Gasteiger charge is -2.16. The molecule has 17 heavy (non-hydrogen) atoms. The Kier molecular flexibility index (Phi) is 3.76. The van der Waals surface area contributed by atoms with Gasteiger partial charge in [0.25, 0.3) is 5.91 Å². The molecule has 0 unspecified atom stereocenters. The van der Waals surface area contributed by atoms with E-state index in [1.165, 1.54) is 11.3 Å². The van der Waals surface area contributed by atoms with Gasteiger partial charge in [0, 0.05) is 18.6 Å². The molecule has 1 aromatic carbocycles. The molecule has 0 saturated carbocycles. The lowest BCUT2D eigenvalue weighted by atomic mass is 10.2. The fourth-order valence-electron chi connectivity index (χ4n) is 1.45. The summed E-state index contributed by atoms with van der Waals surface area (Å²) < 4.78 is 0. The Morgan fingerprint density at radius 2 is 2.24 bits per heavy atom. The molecule has 0 aliphatic rings. The third-order valence-electron chi connectivity index (χ3n) is 2.31. The predicted octanol–water partition coefficient (Wildman–Crippen LogP) is 3.07. The largest absolute Gasteiger partial charge is 0.335 e. The minimum absolute atomic E-state index is 0.0919. The molecule has 1 aromatic heterocycles. The van der Waals surface area contributed by atoms with Gasteiger partial charge in [0.1, 0.15) is 5.01 Å². The second kappa shape index (κ2) is 5.29. The summed E-state index contributed by atoms with van der Waals surface area (Å²) in [6.07, 6.45) is 1.73. The summed E-state index contributed by atoms with van der Waals surface area (Å²) in [4.78, 5) is 17.9. The number of aromatic nitrogens is 1. The third kappa shape index (κ3) is 2.84. The molecule has 0 aliphatic carbocycles. The molecule has 3 nitrogen and oxygen atoms in total. The van der Waals surface area contributed by atoms with E-state index in [0.29, 0.717) is 17.1 Å². The van der Waals surface area contributed by atoms with Crippen LogP contribution in [0.1, 0.15) is 15.4 Å². The van der Waals surface area contributed by atoms with Crippen LogP contribution in [0.25, 0.3) is 0 Å². The summed E-state index contributed by atoms with van der Waals surface area (Å²) in [6, 6.07) is 7.05. The van der Waals surface area contributed by atoms with Crippen LogP contribution >= 0.6 is 22.9 Å². The van der Waals surface area contributed by atoms with Crippen LogP contribution in [0.15, 0.2) is 35.8 Å². The van der Waals surface area contributed by atoms with Crippen LogP contribution in [0.5, 0.6) is 0 Å². The zero-order chi connectivity index (χ0) is 12.3. The van der Waals surface area contributed by atoms with Crippen LogP contribution in [-0.4, -0.2) is 22.8 Å². The number of nitrogens with zero attached hydrogens (tertiary/aromatic N) is 2. The van der Waals surface area contributed by atoms with E-state index in [9.17, 15) is 4.79 Å². The van der Waals surface area contributed by atoms with Crippen LogP contribution in [-0.2, 0) is 6.54 Å². The summed E-state index contributed by atoms with van der Waals surface area (Å²) in [6.45, 7) is 0.502. The molecule has 88 valence electrons. The normalized spacial score (nSPS) is 10.2. The van der Waals surface area contributed by atoms with Crippen molar-refractivity contribution in [3.05, 3.63) is 51.4 Å². The number of hydrogen-bond donors (Lipinski definition) is 0. The van der Waals surface area contributed by atoms with Gasteiger partial charge in [-0.15, -0.1) is 11.3 Å². The van der Waals surface area contributed by atoms with E-state index >= 15 is 0 Å². The number of carbonyl (C=O) groups excluding carboxylic acids is 1. The van der Waals surface area contributed by atoms with Crippen LogP contribution in [0.2, 0.25) is 5.02 Å². The maximum absolute atomic E-state index is 12.1. The highest BCUT2D eigenvalue weighted by molar-refractivity contribution is 7.09. The van der Waals surface area contributed by atoms with E-state index in [4.69, 9.17) is 11.6 Å². The van der Waals surface area contributed by atoms with Gasteiger partial charge in [0.2, 0.25) is 0 Å². The topological polar surface area (TPSA) is 33.2 Å². The molecule has 5 heteroatoms. The Labute approximate surface area is 109 Å². The van der Waals surface area contributed by atoms with E-state index in [1.807, 2.05) is 5.38 Å². The minimum atomic E-state index is -0.0919. The van der Waals surface area contributed by atoms with E-state index in [1.54, 1.807) is 42.4 Å². The maximum atomic E-state index is 12.1. The lowest BCUT2D eigenvalue weighted by molar-refractivity contribution is 0.0785. The molecular formula is C12H11ClN2OS. The van der Waals surface area contributed by atoms with Crippen LogP contribution in [0.3, 0.4) is 0 Å². The van der Waals surface area contributed by atoms with Gasteiger partial charge in [-0.2, -0.15) is 0 Å². The van der Waals surface area contributed by atoms with Gasteiger partial charge in [-0.3, -0.25) is 4.79 Å². The number of benzene rings is 1. The molecule has 0 bridgehead atoms. The second-order valence-electron chi connectivity index (χ2n) is 3.57. The average molecular weight is 267 g/mol. The van der Waals surface area contributed by atoms with Crippen LogP contribution in [0.4, 0.5) is 0 Å². The van der Waals surface area contributed by atoms with E-state index < -0.39 is 0 Å². The third-order valence-corrected chi connectivity index (χ3v) is 3.40. The van der Waals surface area contributed by atoms with E-state index in [0.717, 1.165) is 5.01 Å². The highest BCUT2D eigenvalue weighted by Gasteiger charge is 2.15. The van der Waals surface area contributed by atoms with Gasteiger partial charge in [-0.1, -0.05) is 23.7 Å². The zero-order valence-electron chi connectivity index (χ0n) is 9.26. The average Bonchev–Trinajstić information content (AvgIpc) is 2.81. The first-order valence-electron chi connectivity index (χ1n) is 5.07. The summed E-state index contributed by atoms with van der Waals surface area (Å²) in [5, 5.41) is 3.28. The molecule has 2 aromatic rings. The van der Waals surface area contributed by atoms with Gasteiger partial charge in [-0.25, -0.2) is 4.98 Å². The van der Waals surface area contributed by atoms with Crippen LogP contribution in [0, 0.1) is 0 Å². The van der Waals surface area contributed by atoms with Crippen molar-refractivity contribution in [2.45, 2.75) is 6.54 Å². The van der Waals surface area contributed by atoms with Crippen molar-refractivity contribution in [2.75, 3.05) is 7.05 Å². The molecule has 0 N–H and O–H groups in total. The molecule has 1 amide bonds. The number of halogens is 1. The predicted molar refractivity (Wildman–Crippen MR) is 69.4 cm³/mol. The monoisotopic (exact) mass is 266 g/mol. The van der Waals surface area contributed by atoms with Gasteiger partial charge >= 0.3 is 0 Å². The van der Waals surface area contributed by atoms with Crippen LogP contribution < -0.4 is 0 Å². The fraction of sp³-hybridized carbons (Fsp3) is 0.167. The Morgan fingerprint density at radius 3 is 2.88 bits per heavy atom. The first-order valence-corrected chi connectivity index (χ1v) is 6.32. The Bertz CT molecular complexity index is 513. The Balaban J connectivity index is 2.13. The molecule has 0 atom stereocenters. The van der Waals surface area contributed by atoms with Crippen molar-refractivity contribution in [3.8, 4) is 0 Å². The van der Waals surface area contributed by atoms with E-state index in [-0.39, 0.29) is 5.91 Å². The Morgan fingerprint density at radius 1 is 1.47 bits per heavy atom. The molecule has 0 radical (unpaired) electrons. The molecule has 0 saturated heterocycles. The molecule has 0 spiro atoms. The number of thiazole rings is 1. The minimum Gasteiger partial charge on any atom is -0.335 e. The summed E-state index contributed by atoms with van der Waals surface area (Å²) >= 11 is 7.51. The van der Waals surface area contributed by atoms with Gasteiger partial charge in [0.15, 0.2) is 0 Å². The summed E-state index contributed by atoms with van der Waals surface area (Å²) in [5.41, 5.74) is 0.522. The lowest BCUT2D eigenvalue weighted by Crippen LogP contribution is -2.26. The number of hydrogen-bond acceptors (Lipinski definition) is 3. The van der Waals surface area contributed by atoms with Gasteiger partial charge < -0.3 is 4.90 Å². The highest BCUT2D eigenvalue weighted by Crippen LogP contribution is 2.17. The van der Waals surface area contributed by atoms with Crippen molar-refractivity contribution in [2.24, 2.45) is 0 Å². The maximum Gasteiger partial charge on any atom is 0.255 e. The summed E-state index contributed by atoms with van der Waals surface area (Å²) in [5.74, 6) is -0.0919. The van der Waals surface area contributed by atoms with Gasteiger partial charge in [0.05, 0.1) is 17.1 Å². The second-order valence-corrected chi connectivity index (χ2v) is 4.95. The molecular weight excluding hydrogens is 256 g/mol. The highest BCUT2D eigenvalue weighted by atomic mass is 35.5. The first-order chi connectivity index (χ1) is 8.18. The van der Waals surface area contributed by atoms with Crippen molar-refractivity contribution >= 4 is 28.8 Å². The number of rotatable bonds is 3. The molecule has 1 heterocycles. The SMILES string of the molecule is CN(Cc1nccs1)C(=O)c1ccccc1Cl. The van der Waals surface area contributed by atoms with Crippen molar-refractivity contribution in [1.29, 1.82) is 0 Å². The molecule has 0 fully saturated rings. The van der Waals surface area contributed by atoms with Gasteiger partial charge in [-0.05, 0) is 12.1 Å². The number of carbonyl (C=O) groups is 1. The molecule has 2 rings (SSSR count). The fourth-order valence-corrected chi connectivity index (χ4v) is 2.33. The number of amides is 1. The standard InChI is InChI=1S/C12H11ClN2OS/c1-15(8-11-14-6-7-17-11)12(16)9-4-2-3-5-10(9)13/h2-7H,8H2,1H3. The molecule has 0 aliphatic heterocycles. The van der Waals surface area contributed by atoms with Crippen molar-refractivity contribution < 1.29 is 4.79 Å². The quantitative estimate of drug-likeness (QED) is 0.855. The van der Waals surface area contributed by atoms with E-state index in [2.05, 4.69) is 4.98 Å². The van der Waals surface area contributed by atoms with Crippen molar-refractivity contribution in [1.82, 2.24) is 9.88 Å².